The summed E-state index contributed by atoms with van der Waals surface area (Å²) < 4.78 is 11.1. The molecule has 0 spiro atoms. The van der Waals surface area contributed by atoms with E-state index in [2.05, 4.69) is 10.4 Å². The molecule has 0 aromatic heterocycles. The Labute approximate surface area is 164 Å². The van der Waals surface area contributed by atoms with Gasteiger partial charge >= 0.3 is 0 Å². The van der Waals surface area contributed by atoms with Crippen LogP contribution in [0.5, 0.6) is 17.2 Å². The Morgan fingerprint density at radius 3 is 2.33 bits per heavy atom. The standard InChI is InChI=1S/C19H22N4O3.ClH/c1-25-16-6-2-3-7-17(16)26-15-10-8-14(9-11-15)18(24)21-19(20)22-23-12-4-5-13-23;/h2-3,6-11H,4-5,12-13H2,1H3,(H3,20,21,22,24);1H. The molecule has 0 aliphatic carbocycles. The lowest BCUT2D eigenvalue weighted by Crippen LogP contribution is -2.38. The summed E-state index contributed by atoms with van der Waals surface area (Å²) in [6, 6.07) is 14.1. The highest BCUT2D eigenvalue weighted by atomic mass is 35.5. The van der Waals surface area contributed by atoms with Crippen LogP contribution in [-0.4, -0.2) is 37.1 Å². The highest BCUT2D eigenvalue weighted by Gasteiger charge is 2.12. The van der Waals surface area contributed by atoms with Crippen molar-refractivity contribution in [3.8, 4) is 17.2 Å². The topological polar surface area (TPSA) is 89.2 Å². The number of hydrogen-bond acceptors (Lipinski definition) is 5. The zero-order chi connectivity index (χ0) is 18.4. The minimum Gasteiger partial charge on any atom is -0.493 e. The van der Waals surface area contributed by atoms with Gasteiger partial charge in [-0.05, 0) is 49.2 Å². The molecule has 144 valence electrons. The molecule has 1 aliphatic heterocycles. The third-order valence-corrected chi connectivity index (χ3v) is 3.99. The second-order valence-corrected chi connectivity index (χ2v) is 5.88. The van der Waals surface area contributed by atoms with Crippen molar-refractivity contribution in [3.05, 3.63) is 54.1 Å². The van der Waals surface area contributed by atoms with Crippen molar-refractivity contribution in [1.29, 1.82) is 0 Å². The second kappa shape index (κ2) is 9.68. The summed E-state index contributed by atoms with van der Waals surface area (Å²) in [7, 11) is 1.59. The largest absolute Gasteiger partial charge is 0.493 e. The van der Waals surface area contributed by atoms with Crippen LogP contribution in [0.1, 0.15) is 23.2 Å². The number of hydrogen-bond donors (Lipinski definition) is 2. The van der Waals surface area contributed by atoms with Gasteiger partial charge in [0.25, 0.3) is 5.91 Å². The van der Waals surface area contributed by atoms with Crippen LogP contribution in [0.25, 0.3) is 0 Å². The number of amides is 1. The Bertz CT molecular complexity index is 790. The summed E-state index contributed by atoms with van der Waals surface area (Å²) in [5, 5.41) is 8.65. The number of methoxy groups -OCH3 is 1. The van der Waals surface area contributed by atoms with Crippen LogP contribution in [0.4, 0.5) is 0 Å². The lowest BCUT2D eigenvalue weighted by Gasteiger charge is -2.12. The minimum atomic E-state index is -0.311. The number of hydrazone groups is 1. The van der Waals surface area contributed by atoms with Crippen LogP contribution in [0, 0.1) is 0 Å². The van der Waals surface area contributed by atoms with Crippen LogP contribution in [0.3, 0.4) is 0 Å². The number of ether oxygens (including phenoxy) is 2. The maximum absolute atomic E-state index is 12.2. The van der Waals surface area contributed by atoms with Crippen LogP contribution in [-0.2, 0) is 0 Å². The Balaban J connectivity index is 0.00000261. The van der Waals surface area contributed by atoms with Gasteiger partial charge in [-0.3, -0.25) is 15.1 Å². The maximum Gasteiger partial charge on any atom is 0.257 e. The predicted octanol–water partition coefficient (Wildman–Crippen LogP) is 2.96. The van der Waals surface area contributed by atoms with E-state index in [1.807, 2.05) is 29.3 Å². The van der Waals surface area contributed by atoms with Crippen molar-refractivity contribution < 1.29 is 14.3 Å². The molecule has 1 fully saturated rings. The molecule has 1 saturated heterocycles. The fourth-order valence-electron chi connectivity index (χ4n) is 2.67. The molecule has 7 nitrogen and oxygen atoms in total. The molecular weight excluding hydrogens is 368 g/mol. The summed E-state index contributed by atoms with van der Waals surface area (Å²) in [5.41, 5.74) is 6.26. The Kier molecular flexibility index (Phi) is 7.31. The molecule has 0 bridgehead atoms. The molecule has 1 aliphatic rings. The molecule has 1 heterocycles. The number of nitrogens with two attached hydrogens (primary N) is 1. The fourth-order valence-corrected chi connectivity index (χ4v) is 2.67. The Morgan fingerprint density at radius 2 is 1.70 bits per heavy atom. The molecule has 2 aromatic carbocycles. The molecule has 27 heavy (non-hydrogen) atoms. The van der Waals surface area contributed by atoms with E-state index in [1.54, 1.807) is 31.4 Å². The smallest absolute Gasteiger partial charge is 0.257 e. The molecule has 0 saturated carbocycles. The second-order valence-electron chi connectivity index (χ2n) is 5.88. The van der Waals surface area contributed by atoms with Crippen LogP contribution < -0.4 is 20.5 Å². The zero-order valence-corrected chi connectivity index (χ0v) is 15.9. The minimum absolute atomic E-state index is 0. The molecule has 0 unspecified atom stereocenters. The number of nitrogens with zero attached hydrogens (tertiary/aromatic N) is 2. The van der Waals surface area contributed by atoms with E-state index in [1.165, 1.54) is 0 Å². The van der Waals surface area contributed by atoms with E-state index >= 15 is 0 Å². The van der Waals surface area contributed by atoms with Gasteiger partial charge in [0.2, 0.25) is 5.96 Å². The van der Waals surface area contributed by atoms with E-state index in [-0.39, 0.29) is 24.3 Å². The quantitative estimate of drug-likeness (QED) is 0.605. The summed E-state index contributed by atoms with van der Waals surface area (Å²) in [5.74, 6) is 1.64. The number of carbonyl (C=O) groups excluding carboxylic acids is 1. The van der Waals surface area contributed by atoms with Gasteiger partial charge in [-0.25, -0.2) is 0 Å². The lowest BCUT2D eigenvalue weighted by atomic mass is 10.2. The van der Waals surface area contributed by atoms with Crippen molar-refractivity contribution in [2.75, 3.05) is 20.2 Å². The van der Waals surface area contributed by atoms with Crippen molar-refractivity contribution >= 4 is 24.3 Å². The van der Waals surface area contributed by atoms with Gasteiger partial charge in [0.15, 0.2) is 11.5 Å². The summed E-state index contributed by atoms with van der Waals surface area (Å²) in [4.78, 5) is 12.2. The number of halogens is 1. The van der Waals surface area contributed by atoms with Gasteiger partial charge in [-0.15, -0.1) is 17.5 Å². The number of carbonyl (C=O) groups is 1. The number of benzene rings is 2. The first-order chi connectivity index (χ1) is 12.7. The number of rotatable bonds is 5. The van der Waals surface area contributed by atoms with Gasteiger partial charge in [0.05, 0.1) is 7.11 Å². The van der Waals surface area contributed by atoms with Gasteiger partial charge in [-0.2, -0.15) is 0 Å². The van der Waals surface area contributed by atoms with Crippen molar-refractivity contribution in [1.82, 2.24) is 10.3 Å². The van der Waals surface area contributed by atoms with Crippen molar-refractivity contribution in [3.63, 3.8) is 0 Å². The third kappa shape index (κ3) is 5.52. The van der Waals surface area contributed by atoms with E-state index in [0.29, 0.717) is 22.8 Å². The Morgan fingerprint density at radius 1 is 1.07 bits per heavy atom. The molecule has 2 aromatic rings. The molecule has 0 atom stereocenters. The average molecular weight is 391 g/mol. The van der Waals surface area contributed by atoms with Crippen LogP contribution in [0.15, 0.2) is 53.6 Å². The summed E-state index contributed by atoms with van der Waals surface area (Å²) in [6.45, 7) is 1.73. The van der Waals surface area contributed by atoms with Crippen LogP contribution in [0.2, 0.25) is 0 Å². The van der Waals surface area contributed by atoms with E-state index in [4.69, 9.17) is 15.2 Å². The molecule has 8 heteroatoms. The van der Waals surface area contributed by atoms with Gasteiger partial charge in [0.1, 0.15) is 5.75 Å². The first-order valence-electron chi connectivity index (χ1n) is 8.47. The van der Waals surface area contributed by atoms with Gasteiger partial charge < -0.3 is 15.2 Å². The van der Waals surface area contributed by atoms with E-state index in [0.717, 1.165) is 25.9 Å². The summed E-state index contributed by atoms with van der Waals surface area (Å²) >= 11 is 0. The van der Waals surface area contributed by atoms with Crippen molar-refractivity contribution in [2.45, 2.75) is 12.8 Å². The predicted molar refractivity (Wildman–Crippen MR) is 107 cm³/mol. The first kappa shape index (κ1) is 20.4. The SMILES string of the molecule is COc1ccccc1Oc1ccc(C(=O)N/C(N)=N/N2CCCC2)cc1.Cl. The lowest BCUT2D eigenvalue weighted by molar-refractivity contribution is 0.0976. The van der Waals surface area contributed by atoms with E-state index < -0.39 is 0 Å². The molecule has 0 radical (unpaired) electrons. The average Bonchev–Trinajstić information content (AvgIpc) is 3.15. The fraction of sp³-hybridized carbons (Fsp3) is 0.263. The monoisotopic (exact) mass is 390 g/mol. The summed E-state index contributed by atoms with van der Waals surface area (Å²) in [6.07, 6.45) is 2.19. The van der Waals surface area contributed by atoms with Crippen LogP contribution >= 0.6 is 12.4 Å². The van der Waals surface area contributed by atoms with Gasteiger partial charge in [-0.1, -0.05) is 12.1 Å². The van der Waals surface area contributed by atoms with E-state index in [9.17, 15) is 4.79 Å². The van der Waals surface area contributed by atoms with Crippen molar-refractivity contribution in [2.24, 2.45) is 10.8 Å². The third-order valence-electron chi connectivity index (χ3n) is 3.99. The first-order valence-corrected chi connectivity index (χ1v) is 8.47. The number of para-hydroxylation sites is 2. The number of guanidine groups is 1. The van der Waals surface area contributed by atoms with Gasteiger partial charge in [0, 0.05) is 18.7 Å². The highest BCUT2D eigenvalue weighted by molar-refractivity contribution is 6.05. The Hall–Kier alpha value is -2.93. The molecule has 3 rings (SSSR count). The molecule has 3 N–H and O–H groups in total. The number of nitrogens with one attached hydrogen (secondary N) is 1. The normalized spacial score (nSPS) is 13.7. The molecular formula is C19H23ClN4O3. The maximum atomic E-state index is 12.2. The highest BCUT2D eigenvalue weighted by Crippen LogP contribution is 2.30. The molecule has 1 amide bonds. The zero-order valence-electron chi connectivity index (χ0n) is 15.1.